The van der Waals surface area contributed by atoms with Crippen molar-refractivity contribution in [1.82, 2.24) is 34.1 Å². The van der Waals surface area contributed by atoms with Crippen molar-refractivity contribution in [3.8, 4) is 79.4 Å². The number of rotatable bonds is 8. The Kier molecular flexibility index (Phi) is 9.35. The number of aromatic nitrogens is 7. The van der Waals surface area contributed by atoms with Crippen molar-refractivity contribution in [3.05, 3.63) is 237 Å². The van der Waals surface area contributed by atoms with Gasteiger partial charge >= 0.3 is 0 Å². The van der Waals surface area contributed by atoms with Gasteiger partial charge in [0.1, 0.15) is 0 Å². The molecule has 13 aromatic rings. The molecule has 318 valence electrons. The Bertz CT molecular complexity index is 3900. The quantitative estimate of drug-likeness (QED) is 0.152. The number of benzene rings is 9. The highest BCUT2D eigenvalue weighted by atomic mass is 15.2. The van der Waals surface area contributed by atoms with Crippen LogP contribution in [0.4, 0.5) is 0 Å². The lowest BCUT2D eigenvalue weighted by molar-refractivity contribution is 0.953. The molecule has 4 heterocycles. The maximum atomic E-state index is 5.17. The van der Waals surface area contributed by atoms with E-state index in [1.807, 2.05) is 97.1 Å². The van der Waals surface area contributed by atoms with Gasteiger partial charge in [-0.15, -0.1) is 0 Å². The van der Waals surface area contributed by atoms with Crippen molar-refractivity contribution in [2.45, 2.75) is 0 Å². The topological polar surface area (TPSA) is 74.3 Å². The van der Waals surface area contributed by atoms with Gasteiger partial charge < -0.3 is 4.57 Å². The van der Waals surface area contributed by atoms with Crippen LogP contribution in [0.2, 0.25) is 0 Å². The third-order valence-corrected chi connectivity index (χ3v) is 12.8. The number of nitrogens with zero attached hydrogens (tertiary/aromatic N) is 7. The van der Waals surface area contributed by atoms with Crippen LogP contribution in [0, 0.1) is 0 Å². The van der Waals surface area contributed by atoms with Gasteiger partial charge in [-0.05, 0) is 59.7 Å². The van der Waals surface area contributed by atoms with E-state index < -0.39 is 0 Å². The molecule has 0 aliphatic heterocycles. The van der Waals surface area contributed by atoms with Crippen molar-refractivity contribution in [2.75, 3.05) is 0 Å². The Balaban J connectivity index is 0.968. The molecule has 7 heteroatoms. The normalized spacial score (nSPS) is 11.5. The second-order valence-electron chi connectivity index (χ2n) is 16.9. The lowest BCUT2D eigenvalue weighted by atomic mass is 9.98. The lowest BCUT2D eigenvalue weighted by Crippen LogP contribution is -2.06. The molecule has 68 heavy (non-hydrogen) atoms. The second kappa shape index (κ2) is 16.3. The third-order valence-electron chi connectivity index (χ3n) is 12.8. The van der Waals surface area contributed by atoms with E-state index in [-0.39, 0.29) is 0 Å². The summed E-state index contributed by atoms with van der Waals surface area (Å²) in [4.78, 5) is 25.6. The summed E-state index contributed by atoms with van der Waals surface area (Å²) < 4.78 is 4.55. The molecule has 0 aliphatic carbocycles. The summed E-state index contributed by atoms with van der Waals surface area (Å²) in [5.41, 5.74) is 14.2. The van der Waals surface area contributed by atoms with Crippen molar-refractivity contribution in [1.29, 1.82) is 0 Å². The minimum Gasteiger partial charge on any atom is -0.309 e. The number of fused-ring (bicyclic) bond motifs is 6. The van der Waals surface area contributed by atoms with Crippen LogP contribution < -0.4 is 0 Å². The zero-order valence-electron chi connectivity index (χ0n) is 36.6. The average Bonchev–Trinajstić information content (AvgIpc) is 3.94. The van der Waals surface area contributed by atoms with Gasteiger partial charge in [0.05, 0.1) is 33.5 Å². The average molecular weight is 870 g/mol. The predicted molar refractivity (Wildman–Crippen MR) is 277 cm³/mol. The fraction of sp³-hybridized carbons (Fsp3) is 0. The standard InChI is InChI=1S/C61H39N7/c1-5-19-40(20-6-1)51-39-52(41-21-7-2-8-22-41)63-60(62-51)45-27-17-28-46(37-45)67-54-33-16-14-30-49(54)57-47(31-18-34-56(57)67)44-35-36-55-50(38-44)48-29-13-15-32-53(48)68(55)61-65-58(42-23-9-3-10-24-42)64-59(66-61)43-25-11-4-12-26-43/h1-39H. The van der Waals surface area contributed by atoms with Crippen molar-refractivity contribution >= 4 is 43.6 Å². The molecule has 9 aromatic carbocycles. The van der Waals surface area contributed by atoms with Crippen LogP contribution in [0.5, 0.6) is 0 Å². The monoisotopic (exact) mass is 869 g/mol. The first-order chi connectivity index (χ1) is 33.7. The number of hydrogen-bond donors (Lipinski definition) is 0. The van der Waals surface area contributed by atoms with Crippen LogP contribution in [-0.2, 0) is 0 Å². The van der Waals surface area contributed by atoms with E-state index in [0.29, 0.717) is 23.4 Å². The third kappa shape index (κ3) is 6.72. The number of hydrogen-bond acceptors (Lipinski definition) is 5. The molecule has 0 spiro atoms. The molecular formula is C61H39N7. The van der Waals surface area contributed by atoms with Crippen LogP contribution in [0.3, 0.4) is 0 Å². The van der Waals surface area contributed by atoms with Crippen LogP contribution in [0.25, 0.3) is 123 Å². The molecule has 0 radical (unpaired) electrons. The van der Waals surface area contributed by atoms with Gasteiger partial charge in [0.15, 0.2) is 17.5 Å². The SMILES string of the molecule is c1ccc(-c2cc(-c3ccccc3)nc(-c3cccc(-n4c5ccccc5c5c(-c6ccc7c(c6)c6ccccc6n7-c6nc(-c7ccccc7)nc(-c7ccccc7)n6)cccc54)c3)n2)cc1. The van der Waals surface area contributed by atoms with E-state index in [9.17, 15) is 0 Å². The van der Waals surface area contributed by atoms with E-state index >= 15 is 0 Å². The molecule has 0 fully saturated rings. The van der Waals surface area contributed by atoms with Gasteiger partial charge in [-0.1, -0.05) is 188 Å². The molecule has 0 atom stereocenters. The second-order valence-corrected chi connectivity index (χ2v) is 16.9. The highest BCUT2D eigenvalue weighted by Crippen LogP contribution is 2.42. The van der Waals surface area contributed by atoms with Crippen molar-refractivity contribution in [2.24, 2.45) is 0 Å². The molecule has 0 aliphatic rings. The Hall–Kier alpha value is -9.33. The molecule has 13 rings (SSSR count). The fourth-order valence-electron chi connectivity index (χ4n) is 9.67. The highest BCUT2D eigenvalue weighted by Gasteiger charge is 2.21. The Morgan fingerprint density at radius 3 is 1.38 bits per heavy atom. The van der Waals surface area contributed by atoms with E-state index in [2.05, 4.69) is 149 Å². The zero-order valence-corrected chi connectivity index (χ0v) is 36.6. The van der Waals surface area contributed by atoms with Gasteiger partial charge in [-0.25, -0.2) is 15.0 Å². The van der Waals surface area contributed by atoms with Gasteiger partial charge in [0, 0.05) is 55.0 Å². The van der Waals surface area contributed by atoms with Crippen LogP contribution in [-0.4, -0.2) is 34.1 Å². The molecule has 0 saturated carbocycles. The van der Waals surface area contributed by atoms with Crippen LogP contribution >= 0.6 is 0 Å². The van der Waals surface area contributed by atoms with Gasteiger partial charge in [0.25, 0.3) is 0 Å². The van der Waals surface area contributed by atoms with Crippen molar-refractivity contribution in [3.63, 3.8) is 0 Å². The summed E-state index contributed by atoms with van der Waals surface area (Å²) in [6, 6.07) is 82.2. The summed E-state index contributed by atoms with van der Waals surface area (Å²) in [6.45, 7) is 0. The Morgan fingerprint density at radius 1 is 0.265 bits per heavy atom. The summed E-state index contributed by atoms with van der Waals surface area (Å²) in [5, 5.41) is 4.59. The van der Waals surface area contributed by atoms with Gasteiger partial charge in [-0.2, -0.15) is 9.97 Å². The molecule has 0 bridgehead atoms. The minimum atomic E-state index is 0.567. The summed E-state index contributed by atoms with van der Waals surface area (Å²) in [5.74, 6) is 2.48. The first-order valence-corrected chi connectivity index (χ1v) is 22.8. The summed E-state index contributed by atoms with van der Waals surface area (Å²) >= 11 is 0. The minimum absolute atomic E-state index is 0.567. The van der Waals surface area contributed by atoms with Crippen LogP contribution in [0.1, 0.15) is 0 Å². The van der Waals surface area contributed by atoms with E-state index in [0.717, 1.165) is 88.9 Å². The first kappa shape index (κ1) is 39.1. The van der Waals surface area contributed by atoms with Gasteiger partial charge in [-0.3, -0.25) is 4.57 Å². The predicted octanol–water partition coefficient (Wildman–Crippen LogP) is 14.9. The van der Waals surface area contributed by atoms with E-state index in [1.54, 1.807) is 0 Å². The summed E-state index contributed by atoms with van der Waals surface area (Å²) in [7, 11) is 0. The molecule has 7 nitrogen and oxygen atoms in total. The molecule has 0 N–H and O–H groups in total. The highest BCUT2D eigenvalue weighted by molar-refractivity contribution is 6.17. The first-order valence-electron chi connectivity index (χ1n) is 22.8. The van der Waals surface area contributed by atoms with Crippen molar-refractivity contribution < 1.29 is 0 Å². The molecule has 4 aromatic heterocycles. The molecule has 0 unspecified atom stereocenters. The Labute approximate surface area is 392 Å². The van der Waals surface area contributed by atoms with E-state index in [1.165, 1.54) is 10.8 Å². The summed E-state index contributed by atoms with van der Waals surface area (Å²) in [6.07, 6.45) is 0. The molecular weight excluding hydrogens is 831 g/mol. The molecule has 0 amide bonds. The largest absolute Gasteiger partial charge is 0.309 e. The Morgan fingerprint density at radius 2 is 0.750 bits per heavy atom. The van der Waals surface area contributed by atoms with Gasteiger partial charge in [0.2, 0.25) is 5.95 Å². The maximum absolute atomic E-state index is 5.17. The maximum Gasteiger partial charge on any atom is 0.238 e. The number of para-hydroxylation sites is 2. The van der Waals surface area contributed by atoms with Crippen LogP contribution in [0.15, 0.2) is 237 Å². The lowest BCUT2D eigenvalue weighted by Gasteiger charge is -2.12. The van der Waals surface area contributed by atoms with E-state index in [4.69, 9.17) is 24.9 Å². The zero-order chi connectivity index (χ0) is 45.0. The molecule has 0 saturated heterocycles. The smallest absolute Gasteiger partial charge is 0.238 e. The fourth-order valence-corrected chi connectivity index (χ4v) is 9.67.